The largest absolute Gasteiger partial charge is 0.478 e. The van der Waals surface area contributed by atoms with Crippen LogP contribution in [0.2, 0.25) is 0 Å². The van der Waals surface area contributed by atoms with Gasteiger partial charge in [-0.25, -0.2) is 10.3 Å². The van der Waals surface area contributed by atoms with Crippen LogP contribution < -0.4 is 10.8 Å². The van der Waals surface area contributed by atoms with Crippen LogP contribution in [-0.2, 0) is 24.0 Å². The molecule has 0 aromatic carbocycles. The van der Waals surface area contributed by atoms with Gasteiger partial charge in [0.1, 0.15) is 6.61 Å². The van der Waals surface area contributed by atoms with E-state index in [-0.39, 0.29) is 13.0 Å². The Bertz CT molecular complexity index is 269. The molecule has 0 aromatic heterocycles. The Morgan fingerprint density at radius 1 is 1.50 bits per heavy atom. The van der Waals surface area contributed by atoms with Crippen molar-refractivity contribution in [3.63, 3.8) is 0 Å². The summed E-state index contributed by atoms with van der Waals surface area (Å²) < 4.78 is 4.35. The molecule has 1 unspecified atom stereocenters. The van der Waals surface area contributed by atoms with Gasteiger partial charge in [0.25, 0.3) is 12.4 Å². The number of hydrogen-bond donors (Lipinski definition) is 3. The minimum absolute atomic E-state index is 0.109. The Morgan fingerprint density at radius 2 is 2.12 bits per heavy atom. The third-order valence-corrected chi connectivity index (χ3v) is 1.72. The van der Waals surface area contributed by atoms with Crippen molar-refractivity contribution in [3.8, 4) is 0 Å². The van der Waals surface area contributed by atoms with Crippen LogP contribution in [0.15, 0.2) is 0 Å². The fraction of sp³-hybridized carbons (Fsp3) is 0.625. The standard InChI is InChI=1S/C8H14N2O6/c1-3-10-6(12)8(7(13)14,15-5-11)4-16-9-2/h5,9H,3-4H2,1-2H3,(H,10,12)(H,13,14). The Kier molecular flexibility index (Phi) is 6.04. The van der Waals surface area contributed by atoms with Gasteiger partial charge in [0, 0.05) is 13.6 Å². The van der Waals surface area contributed by atoms with E-state index in [1.165, 1.54) is 7.05 Å². The molecule has 0 spiro atoms. The molecule has 0 aliphatic rings. The van der Waals surface area contributed by atoms with Crippen LogP contribution in [0, 0.1) is 0 Å². The number of hydroxylamine groups is 1. The zero-order valence-corrected chi connectivity index (χ0v) is 8.98. The predicted molar refractivity (Wildman–Crippen MR) is 51.2 cm³/mol. The summed E-state index contributed by atoms with van der Waals surface area (Å²) in [6.45, 7) is 1.06. The van der Waals surface area contributed by atoms with Gasteiger partial charge in [0.15, 0.2) is 0 Å². The first-order chi connectivity index (χ1) is 7.55. The first kappa shape index (κ1) is 14.3. The molecular formula is C8H14N2O6. The number of hydrogen-bond acceptors (Lipinski definition) is 6. The number of ether oxygens (including phenoxy) is 1. The van der Waals surface area contributed by atoms with Crippen molar-refractivity contribution >= 4 is 18.3 Å². The highest BCUT2D eigenvalue weighted by Crippen LogP contribution is 2.11. The molecule has 1 amide bonds. The lowest BCUT2D eigenvalue weighted by Gasteiger charge is -2.25. The maximum absolute atomic E-state index is 11.5. The van der Waals surface area contributed by atoms with Crippen LogP contribution in [0.1, 0.15) is 6.92 Å². The molecule has 8 heteroatoms. The fourth-order valence-corrected chi connectivity index (χ4v) is 0.922. The number of aliphatic carboxylic acids is 1. The average Bonchev–Trinajstić information content (AvgIpc) is 2.24. The highest BCUT2D eigenvalue weighted by atomic mass is 16.7. The normalized spacial score (nSPS) is 13.6. The van der Waals surface area contributed by atoms with Gasteiger partial charge >= 0.3 is 11.6 Å². The molecule has 0 bridgehead atoms. The van der Waals surface area contributed by atoms with E-state index in [1.807, 2.05) is 0 Å². The molecule has 0 saturated carbocycles. The van der Waals surface area contributed by atoms with Gasteiger partial charge in [0.2, 0.25) is 0 Å². The van der Waals surface area contributed by atoms with Crippen molar-refractivity contribution in [3.05, 3.63) is 0 Å². The van der Waals surface area contributed by atoms with Crippen molar-refractivity contribution in [2.45, 2.75) is 12.5 Å². The molecule has 0 aliphatic heterocycles. The molecule has 0 saturated heterocycles. The Balaban J connectivity index is 4.98. The number of likely N-dealkylation sites (N-methyl/N-ethyl adjacent to an activating group) is 1. The molecule has 3 N–H and O–H groups in total. The minimum atomic E-state index is -2.37. The molecule has 1 atom stereocenters. The summed E-state index contributed by atoms with van der Waals surface area (Å²) in [7, 11) is 1.38. The van der Waals surface area contributed by atoms with Crippen LogP contribution in [0.25, 0.3) is 0 Å². The molecule has 92 valence electrons. The third kappa shape index (κ3) is 3.17. The van der Waals surface area contributed by atoms with E-state index in [1.54, 1.807) is 6.92 Å². The quantitative estimate of drug-likeness (QED) is 0.260. The Labute approximate surface area is 91.9 Å². The molecule has 16 heavy (non-hydrogen) atoms. The lowest BCUT2D eigenvalue weighted by atomic mass is 10.0. The molecule has 0 rings (SSSR count). The van der Waals surface area contributed by atoms with Crippen molar-refractivity contribution in [2.75, 3.05) is 20.2 Å². The zero-order chi connectivity index (χ0) is 12.6. The molecule has 0 aromatic rings. The van der Waals surface area contributed by atoms with Gasteiger partial charge in [-0.15, -0.1) is 0 Å². The number of carbonyl (C=O) groups is 3. The molecule has 0 radical (unpaired) electrons. The van der Waals surface area contributed by atoms with Crippen LogP contribution in [0.3, 0.4) is 0 Å². The zero-order valence-electron chi connectivity index (χ0n) is 8.98. The average molecular weight is 234 g/mol. The summed E-state index contributed by atoms with van der Waals surface area (Å²) >= 11 is 0. The van der Waals surface area contributed by atoms with Gasteiger partial charge in [-0.1, -0.05) is 0 Å². The van der Waals surface area contributed by atoms with Crippen molar-refractivity contribution in [2.24, 2.45) is 0 Å². The first-order valence-corrected chi connectivity index (χ1v) is 4.46. The Hall–Kier alpha value is -1.67. The second-order valence-corrected chi connectivity index (χ2v) is 2.70. The summed E-state index contributed by atoms with van der Waals surface area (Å²) in [5.41, 5.74) is -0.180. The number of carboxylic acid groups (broad SMARTS) is 1. The van der Waals surface area contributed by atoms with E-state index in [4.69, 9.17) is 5.11 Å². The number of rotatable bonds is 8. The number of nitrogens with one attached hydrogen (secondary N) is 2. The van der Waals surface area contributed by atoms with Crippen molar-refractivity contribution < 1.29 is 29.1 Å². The molecule has 0 fully saturated rings. The van der Waals surface area contributed by atoms with Gasteiger partial charge in [-0.3, -0.25) is 14.4 Å². The van der Waals surface area contributed by atoms with Crippen LogP contribution in [-0.4, -0.2) is 49.3 Å². The number of amides is 1. The maximum atomic E-state index is 11.5. The second-order valence-electron chi connectivity index (χ2n) is 2.70. The number of carbonyl (C=O) groups excluding carboxylic acids is 2. The summed E-state index contributed by atoms with van der Waals surface area (Å²) in [6.07, 6.45) is 0. The lowest BCUT2D eigenvalue weighted by molar-refractivity contribution is -0.186. The fourth-order valence-electron chi connectivity index (χ4n) is 0.922. The van der Waals surface area contributed by atoms with E-state index < -0.39 is 24.1 Å². The van der Waals surface area contributed by atoms with Gasteiger partial charge in [-0.2, -0.15) is 0 Å². The van der Waals surface area contributed by atoms with Gasteiger partial charge < -0.3 is 15.2 Å². The smallest absolute Gasteiger partial charge is 0.360 e. The highest BCUT2D eigenvalue weighted by Gasteiger charge is 2.49. The summed E-state index contributed by atoms with van der Waals surface area (Å²) in [5, 5.41) is 11.2. The minimum Gasteiger partial charge on any atom is -0.478 e. The summed E-state index contributed by atoms with van der Waals surface area (Å²) in [4.78, 5) is 37.4. The maximum Gasteiger partial charge on any atom is 0.360 e. The van der Waals surface area contributed by atoms with Gasteiger partial charge in [0.05, 0.1) is 0 Å². The molecular weight excluding hydrogens is 220 g/mol. The van der Waals surface area contributed by atoms with Crippen molar-refractivity contribution in [1.82, 2.24) is 10.8 Å². The highest BCUT2D eigenvalue weighted by molar-refractivity contribution is 6.06. The molecule has 8 nitrogen and oxygen atoms in total. The van der Waals surface area contributed by atoms with E-state index in [9.17, 15) is 14.4 Å². The van der Waals surface area contributed by atoms with E-state index in [2.05, 4.69) is 20.4 Å². The first-order valence-electron chi connectivity index (χ1n) is 4.46. The predicted octanol–water partition coefficient (Wildman–Crippen LogP) is -1.73. The van der Waals surface area contributed by atoms with E-state index in [0.29, 0.717) is 0 Å². The number of carboxylic acids is 1. The van der Waals surface area contributed by atoms with Crippen LogP contribution in [0.4, 0.5) is 0 Å². The molecule has 0 heterocycles. The lowest BCUT2D eigenvalue weighted by Crippen LogP contribution is -2.58. The monoisotopic (exact) mass is 234 g/mol. The van der Waals surface area contributed by atoms with Gasteiger partial charge in [-0.05, 0) is 6.92 Å². The third-order valence-electron chi connectivity index (χ3n) is 1.72. The topological polar surface area (TPSA) is 114 Å². The van der Waals surface area contributed by atoms with E-state index >= 15 is 0 Å². The van der Waals surface area contributed by atoms with Crippen LogP contribution >= 0.6 is 0 Å². The SMILES string of the molecule is CCNC(=O)C(CONC)(OC=O)C(=O)O. The summed E-state index contributed by atoms with van der Waals surface area (Å²) in [5.74, 6) is -2.56. The van der Waals surface area contributed by atoms with Crippen LogP contribution in [0.5, 0.6) is 0 Å². The summed E-state index contributed by atoms with van der Waals surface area (Å²) in [6, 6.07) is 0. The molecule has 0 aliphatic carbocycles. The Morgan fingerprint density at radius 3 is 2.50 bits per heavy atom. The van der Waals surface area contributed by atoms with E-state index in [0.717, 1.165) is 0 Å². The second kappa shape index (κ2) is 6.75. The van der Waals surface area contributed by atoms with Crippen molar-refractivity contribution in [1.29, 1.82) is 0 Å².